The van der Waals surface area contributed by atoms with Crippen molar-refractivity contribution in [3.8, 4) is 0 Å². The largest absolute Gasteiger partial charge is 0.379 e. The summed E-state index contributed by atoms with van der Waals surface area (Å²) in [6.45, 7) is 7.98. The molecule has 1 aliphatic rings. The minimum atomic E-state index is 0.472. The van der Waals surface area contributed by atoms with Crippen molar-refractivity contribution in [2.24, 2.45) is 5.92 Å². The van der Waals surface area contributed by atoms with Crippen molar-refractivity contribution < 1.29 is 4.74 Å². The Labute approximate surface area is 127 Å². The molecule has 0 aliphatic carbocycles. The lowest BCUT2D eigenvalue weighted by Gasteiger charge is -2.28. The third-order valence-electron chi connectivity index (χ3n) is 3.74. The number of likely N-dealkylation sites (N-methyl/N-ethyl adjacent to an activating group) is 1. The van der Waals surface area contributed by atoms with Crippen molar-refractivity contribution >= 4 is 17.3 Å². The van der Waals surface area contributed by atoms with Crippen molar-refractivity contribution in [2.75, 3.05) is 31.7 Å². The monoisotopic (exact) mass is 296 g/mol. The first-order valence-corrected chi connectivity index (χ1v) is 7.75. The van der Waals surface area contributed by atoms with Crippen LogP contribution in [-0.4, -0.2) is 32.8 Å². The van der Waals surface area contributed by atoms with Gasteiger partial charge < -0.3 is 15.0 Å². The Morgan fingerprint density at radius 1 is 1.45 bits per heavy atom. The van der Waals surface area contributed by atoms with Crippen molar-refractivity contribution in [1.82, 2.24) is 5.32 Å². The third kappa shape index (κ3) is 4.11. The molecule has 0 amide bonds. The van der Waals surface area contributed by atoms with Crippen molar-refractivity contribution in [2.45, 2.75) is 32.9 Å². The van der Waals surface area contributed by atoms with E-state index in [-0.39, 0.29) is 0 Å². The molecule has 20 heavy (non-hydrogen) atoms. The molecule has 0 aromatic heterocycles. The van der Waals surface area contributed by atoms with Gasteiger partial charge in [-0.2, -0.15) is 0 Å². The fourth-order valence-electron chi connectivity index (χ4n) is 2.56. The third-order valence-corrected chi connectivity index (χ3v) is 3.98. The van der Waals surface area contributed by atoms with Crippen LogP contribution in [-0.2, 0) is 11.3 Å². The van der Waals surface area contributed by atoms with Gasteiger partial charge in [0.25, 0.3) is 0 Å². The van der Waals surface area contributed by atoms with Gasteiger partial charge in [-0.1, -0.05) is 25.4 Å². The standard InChI is InChI=1S/C16H25ClN2O/c1-12(2)9-18-10-13-8-14(17)4-5-16(13)19(3)15-6-7-20-11-15/h4-5,8,12,15,18H,6-7,9-11H2,1-3H3. The second-order valence-electron chi connectivity index (χ2n) is 5.93. The highest BCUT2D eigenvalue weighted by Crippen LogP contribution is 2.27. The Balaban J connectivity index is 2.09. The molecule has 0 saturated carbocycles. The van der Waals surface area contributed by atoms with Crippen LogP contribution in [0.5, 0.6) is 0 Å². The predicted octanol–water partition coefficient (Wildman–Crippen LogP) is 3.31. The van der Waals surface area contributed by atoms with Crippen LogP contribution in [0.25, 0.3) is 0 Å². The van der Waals surface area contributed by atoms with E-state index in [0.717, 1.165) is 37.7 Å². The van der Waals surface area contributed by atoms with Crippen LogP contribution in [0.3, 0.4) is 0 Å². The fourth-order valence-corrected chi connectivity index (χ4v) is 2.75. The molecule has 1 aromatic carbocycles. The zero-order chi connectivity index (χ0) is 14.5. The lowest BCUT2D eigenvalue weighted by atomic mass is 10.1. The molecule has 4 heteroatoms. The summed E-state index contributed by atoms with van der Waals surface area (Å²) in [5.41, 5.74) is 2.51. The van der Waals surface area contributed by atoms with Crippen LogP contribution in [0.15, 0.2) is 18.2 Å². The highest BCUT2D eigenvalue weighted by atomic mass is 35.5. The van der Waals surface area contributed by atoms with E-state index in [1.807, 2.05) is 6.07 Å². The molecule has 1 saturated heterocycles. The molecule has 3 nitrogen and oxygen atoms in total. The second-order valence-corrected chi connectivity index (χ2v) is 6.36. The quantitative estimate of drug-likeness (QED) is 0.871. The molecule has 2 rings (SSSR count). The van der Waals surface area contributed by atoms with E-state index in [4.69, 9.17) is 16.3 Å². The molecule has 0 bridgehead atoms. The zero-order valence-corrected chi connectivity index (χ0v) is 13.4. The van der Waals surface area contributed by atoms with E-state index in [9.17, 15) is 0 Å². The smallest absolute Gasteiger partial charge is 0.0670 e. The van der Waals surface area contributed by atoms with Gasteiger partial charge >= 0.3 is 0 Å². The normalized spacial score (nSPS) is 18.8. The van der Waals surface area contributed by atoms with Crippen LogP contribution < -0.4 is 10.2 Å². The molecule has 0 radical (unpaired) electrons. The lowest BCUT2D eigenvalue weighted by Crippen LogP contribution is -2.33. The van der Waals surface area contributed by atoms with Gasteiger partial charge in [-0.15, -0.1) is 0 Å². The highest BCUT2D eigenvalue weighted by molar-refractivity contribution is 6.30. The summed E-state index contributed by atoms with van der Waals surface area (Å²) in [5, 5.41) is 4.30. The Kier molecular flexibility index (Phi) is 5.70. The average Bonchev–Trinajstić information content (AvgIpc) is 2.91. The van der Waals surface area contributed by atoms with Gasteiger partial charge in [0.05, 0.1) is 12.6 Å². The van der Waals surface area contributed by atoms with Crippen molar-refractivity contribution in [3.05, 3.63) is 28.8 Å². The first-order valence-electron chi connectivity index (χ1n) is 7.37. The van der Waals surface area contributed by atoms with Gasteiger partial charge in [0.2, 0.25) is 0 Å². The molecule has 1 aliphatic heterocycles. The first-order chi connectivity index (χ1) is 9.58. The SMILES string of the molecule is CC(C)CNCc1cc(Cl)ccc1N(C)C1CCOC1. The summed E-state index contributed by atoms with van der Waals surface area (Å²) in [6, 6.07) is 6.62. The van der Waals surface area contributed by atoms with E-state index >= 15 is 0 Å². The van der Waals surface area contributed by atoms with Crippen molar-refractivity contribution in [3.63, 3.8) is 0 Å². The molecule has 1 aromatic rings. The predicted molar refractivity (Wildman–Crippen MR) is 85.6 cm³/mol. The van der Waals surface area contributed by atoms with E-state index in [1.54, 1.807) is 0 Å². The summed E-state index contributed by atoms with van der Waals surface area (Å²) in [7, 11) is 2.15. The molecule has 1 fully saturated rings. The maximum absolute atomic E-state index is 6.15. The van der Waals surface area contributed by atoms with Crippen LogP contribution in [0.4, 0.5) is 5.69 Å². The topological polar surface area (TPSA) is 24.5 Å². The van der Waals surface area contributed by atoms with Gasteiger partial charge in [-0.3, -0.25) is 0 Å². The molecule has 1 N–H and O–H groups in total. The van der Waals surface area contributed by atoms with Gasteiger partial charge in [0, 0.05) is 30.9 Å². The molecule has 1 heterocycles. The Morgan fingerprint density at radius 2 is 2.25 bits per heavy atom. The number of halogens is 1. The highest BCUT2D eigenvalue weighted by Gasteiger charge is 2.22. The fraction of sp³-hybridized carbons (Fsp3) is 0.625. The summed E-state index contributed by atoms with van der Waals surface area (Å²) in [4.78, 5) is 2.33. The average molecular weight is 297 g/mol. The Hall–Kier alpha value is -0.770. The van der Waals surface area contributed by atoms with E-state index < -0.39 is 0 Å². The number of hydrogen-bond acceptors (Lipinski definition) is 3. The maximum Gasteiger partial charge on any atom is 0.0670 e. The first kappa shape index (κ1) is 15.6. The minimum absolute atomic E-state index is 0.472. The number of ether oxygens (including phenoxy) is 1. The maximum atomic E-state index is 6.15. The van der Waals surface area contributed by atoms with E-state index in [0.29, 0.717) is 12.0 Å². The molecular weight excluding hydrogens is 272 g/mol. The summed E-state index contributed by atoms with van der Waals surface area (Å²) in [6.07, 6.45) is 1.10. The second kappa shape index (κ2) is 7.30. The number of nitrogens with zero attached hydrogens (tertiary/aromatic N) is 1. The van der Waals surface area contributed by atoms with Gasteiger partial charge in [0.15, 0.2) is 0 Å². The van der Waals surface area contributed by atoms with Crippen LogP contribution >= 0.6 is 11.6 Å². The van der Waals surface area contributed by atoms with Crippen LogP contribution in [0.2, 0.25) is 5.02 Å². The molecule has 1 unspecified atom stereocenters. The number of hydrogen-bond donors (Lipinski definition) is 1. The molecule has 0 spiro atoms. The van der Waals surface area contributed by atoms with E-state index in [2.05, 4.69) is 43.2 Å². The summed E-state index contributed by atoms with van der Waals surface area (Å²) < 4.78 is 5.49. The van der Waals surface area contributed by atoms with Crippen LogP contribution in [0, 0.1) is 5.92 Å². The van der Waals surface area contributed by atoms with Gasteiger partial charge in [-0.25, -0.2) is 0 Å². The van der Waals surface area contributed by atoms with Gasteiger partial charge in [0.1, 0.15) is 0 Å². The minimum Gasteiger partial charge on any atom is -0.379 e. The number of nitrogens with one attached hydrogen (secondary N) is 1. The van der Waals surface area contributed by atoms with E-state index in [1.165, 1.54) is 11.3 Å². The Morgan fingerprint density at radius 3 is 2.90 bits per heavy atom. The zero-order valence-electron chi connectivity index (χ0n) is 12.7. The Bertz CT molecular complexity index is 430. The number of benzene rings is 1. The van der Waals surface area contributed by atoms with Crippen LogP contribution in [0.1, 0.15) is 25.8 Å². The number of anilines is 1. The summed E-state index contributed by atoms with van der Waals surface area (Å²) >= 11 is 6.15. The molecule has 112 valence electrons. The van der Waals surface area contributed by atoms with Crippen molar-refractivity contribution in [1.29, 1.82) is 0 Å². The number of rotatable bonds is 6. The van der Waals surface area contributed by atoms with Gasteiger partial charge in [-0.05, 0) is 42.6 Å². The summed E-state index contributed by atoms with van der Waals surface area (Å²) in [5.74, 6) is 0.651. The lowest BCUT2D eigenvalue weighted by molar-refractivity contribution is 0.193. The molecular formula is C16H25ClN2O. The molecule has 1 atom stereocenters.